The lowest BCUT2D eigenvalue weighted by Gasteiger charge is -2.39. The maximum Gasteiger partial charge on any atom is 0.251 e. The van der Waals surface area contributed by atoms with Gasteiger partial charge in [-0.15, -0.1) is 0 Å². The Kier molecular flexibility index (Phi) is 5.47. The highest BCUT2D eigenvalue weighted by atomic mass is 16.3. The number of nitrogens with one attached hydrogen (secondary N) is 2. The number of benzene rings is 2. The number of H-pyrrole nitrogens is 1. The van der Waals surface area contributed by atoms with Gasteiger partial charge in [0, 0.05) is 40.5 Å². The largest absolute Gasteiger partial charge is 0.393 e. The minimum atomic E-state index is -0.168. The summed E-state index contributed by atoms with van der Waals surface area (Å²) in [5.74, 6) is 0.360. The molecule has 2 aromatic heterocycles. The van der Waals surface area contributed by atoms with Crippen molar-refractivity contribution in [2.75, 3.05) is 4.90 Å². The first-order chi connectivity index (χ1) is 18.1. The molecule has 0 radical (unpaired) electrons. The van der Waals surface area contributed by atoms with Crippen molar-refractivity contribution in [3.8, 4) is 11.3 Å². The van der Waals surface area contributed by atoms with Gasteiger partial charge in [-0.2, -0.15) is 5.10 Å². The molecule has 2 bridgehead atoms. The molecule has 3 fully saturated rings. The van der Waals surface area contributed by atoms with Crippen LogP contribution in [0.15, 0.2) is 66.9 Å². The second-order valence-corrected chi connectivity index (χ2v) is 10.8. The standard InChI is InChI=1S/C30H31N5O2/c36-24-16-22-11-12-23(17-24)35(22)21-9-6-18(7-10-21)28-25-15-20(8-13-26(25)33-34-28)30(37)32-29(19-4-5-19)27-3-1-2-14-31-27/h1-3,6-10,13-15,19,22-24,29,36H,4-5,11-12,16-17H2,(H,32,37)(H,33,34)/t22-,23+,24-,29-/m0/s1. The molecular weight excluding hydrogens is 462 g/mol. The number of carbonyl (C=O) groups excluding carboxylic acids is 1. The Morgan fingerprint density at radius 3 is 2.49 bits per heavy atom. The van der Waals surface area contributed by atoms with Gasteiger partial charge in [0.15, 0.2) is 0 Å². The van der Waals surface area contributed by atoms with Gasteiger partial charge in [-0.1, -0.05) is 18.2 Å². The number of aliphatic hydroxyl groups is 1. The summed E-state index contributed by atoms with van der Waals surface area (Å²) in [5, 5.41) is 22.0. The number of aromatic amines is 1. The van der Waals surface area contributed by atoms with E-state index in [9.17, 15) is 9.90 Å². The summed E-state index contributed by atoms with van der Waals surface area (Å²) in [6, 6.07) is 20.9. The van der Waals surface area contributed by atoms with E-state index in [0.717, 1.165) is 66.4 Å². The molecular formula is C30H31N5O2. The molecule has 7 nitrogen and oxygen atoms in total. The molecule has 4 heterocycles. The summed E-state index contributed by atoms with van der Waals surface area (Å²) in [6.07, 6.45) is 7.86. The smallest absolute Gasteiger partial charge is 0.251 e. The number of anilines is 1. The van der Waals surface area contributed by atoms with Crippen LogP contribution < -0.4 is 10.2 Å². The quantitative estimate of drug-likeness (QED) is 0.352. The second kappa shape index (κ2) is 8.99. The van der Waals surface area contributed by atoms with E-state index in [4.69, 9.17) is 0 Å². The number of pyridine rings is 1. The van der Waals surface area contributed by atoms with Gasteiger partial charge in [-0.25, -0.2) is 0 Å². The van der Waals surface area contributed by atoms with Crippen LogP contribution in [0.2, 0.25) is 0 Å². The summed E-state index contributed by atoms with van der Waals surface area (Å²) < 4.78 is 0. The lowest BCUT2D eigenvalue weighted by atomic mass is 9.98. The Morgan fingerprint density at radius 1 is 1.00 bits per heavy atom. The molecule has 2 saturated heterocycles. The molecule has 0 unspecified atom stereocenters. The number of nitrogens with zero attached hydrogens (tertiary/aromatic N) is 3. The second-order valence-electron chi connectivity index (χ2n) is 10.8. The van der Waals surface area contributed by atoms with E-state index < -0.39 is 0 Å². The van der Waals surface area contributed by atoms with Gasteiger partial charge in [-0.05, 0) is 86.9 Å². The third-order valence-corrected chi connectivity index (χ3v) is 8.36. The maximum absolute atomic E-state index is 13.3. The molecule has 7 rings (SSSR count). The third-order valence-electron chi connectivity index (χ3n) is 8.36. The number of amides is 1. The van der Waals surface area contributed by atoms with E-state index in [0.29, 0.717) is 23.6 Å². The first kappa shape index (κ1) is 22.5. The van der Waals surface area contributed by atoms with E-state index >= 15 is 0 Å². The molecule has 37 heavy (non-hydrogen) atoms. The summed E-state index contributed by atoms with van der Waals surface area (Å²) in [6.45, 7) is 0. The van der Waals surface area contributed by atoms with Gasteiger partial charge in [0.1, 0.15) is 0 Å². The average molecular weight is 494 g/mol. The molecule has 7 heteroatoms. The monoisotopic (exact) mass is 493 g/mol. The number of aliphatic hydroxyl groups excluding tert-OH is 1. The zero-order valence-corrected chi connectivity index (χ0v) is 20.7. The normalized spacial score (nSPS) is 23.8. The van der Waals surface area contributed by atoms with Crippen LogP contribution in [0.4, 0.5) is 5.69 Å². The van der Waals surface area contributed by atoms with E-state index in [-0.39, 0.29) is 18.1 Å². The fourth-order valence-corrected chi connectivity index (χ4v) is 6.38. The van der Waals surface area contributed by atoms with Crippen LogP contribution in [0.25, 0.3) is 22.2 Å². The number of aromatic nitrogens is 3. The Morgan fingerprint density at radius 2 is 1.78 bits per heavy atom. The van der Waals surface area contributed by atoms with Crippen molar-refractivity contribution in [3.63, 3.8) is 0 Å². The number of piperidine rings is 1. The van der Waals surface area contributed by atoms with E-state index in [1.54, 1.807) is 6.20 Å². The van der Waals surface area contributed by atoms with Crippen molar-refractivity contribution in [3.05, 3.63) is 78.1 Å². The van der Waals surface area contributed by atoms with Crippen LogP contribution in [0.3, 0.4) is 0 Å². The Labute approximate surface area is 215 Å². The lowest BCUT2D eigenvalue weighted by Crippen LogP contribution is -2.44. The summed E-state index contributed by atoms with van der Waals surface area (Å²) in [5.41, 5.74) is 5.51. The van der Waals surface area contributed by atoms with Crippen LogP contribution in [0.5, 0.6) is 0 Å². The highest BCUT2D eigenvalue weighted by Crippen LogP contribution is 2.41. The predicted octanol–water partition coefficient (Wildman–Crippen LogP) is 5.00. The number of rotatable bonds is 6. The molecule has 1 aliphatic carbocycles. The van der Waals surface area contributed by atoms with Crippen LogP contribution in [0.1, 0.15) is 60.6 Å². The fourth-order valence-electron chi connectivity index (χ4n) is 6.38. The Bertz CT molecular complexity index is 1420. The van der Waals surface area contributed by atoms with Crippen molar-refractivity contribution in [1.82, 2.24) is 20.5 Å². The zero-order chi connectivity index (χ0) is 24.9. The number of carbonyl (C=O) groups is 1. The molecule has 2 aliphatic heterocycles. The van der Waals surface area contributed by atoms with Crippen molar-refractivity contribution in [1.29, 1.82) is 0 Å². The van der Waals surface area contributed by atoms with Gasteiger partial charge in [0.05, 0.1) is 29.1 Å². The van der Waals surface area contributed by atoms with E-state index in [2.05, 4.69) is 49.7 Å². The van der Waals surface area contributed by atoms with Crippen LogP contribution >= 0.6 is 0 Å². The SMILES string of the molecule is O=C(N[C@H](c1ccccn1)C1CC1)c1ccc2[nH]nc(-c3ccc(N4[C@@H]5CC[C@H]4C[C@H](O)C5)cc3)c2c1. The van der Waals surface area contributed by atoms with Gasteiger partial charge < -0.3 is 15.3 Å². The molecule has 1 amide bonds. The Balaban J connectivity index is 1.14. The number of hydrogen-bond acceptors (Lipinski definition) is 5. The lowest BCUT2D eigenvalue weighted by molar-refractivity contribution is 0.0930. The molecule has 3 aliphatic rings. The molecule has 188 valence electrons. The van der Waals surface area contributed by atoms with Crippen molar-refractivity contribution < 1.29 is 9.90 Å². The van der Waals surface area contributed by atoms with E-state index in [1.165, 1.54) is 5.69 Å². The van der Waals surface area contributed by atoms with Gasteiger partial charge in [0.25, 0.3) is 5.91 Å². The molecule has 2 aromatic carbocycles. The predicted molar refractivity (Wildman–Crippen MR) is 143 cm³/mol. The topological polar surface area (TPSA) is 94.1 Å². The van der Waals surface area contributed by atoms with Crippen LogP contribution in [0, 0.1) is 5.92 Å². The van der Waals surface area contributed by atoms with Gasteiger partial charge >= 0.3 is 0 Å². The van der Waals surface area contributed by atoms with Gasteiger partial charge in [0.2, 0.25) is 0 Å². The molecule has 3 N–H and O–H groups in total. The summed E-state index contributed by atoms with van der Waals surface area (Å²) in [4.78, 5) is 20.3. The van der Waals surface area contributed by atoms with Crippen molar-refractivity contribution in [2.24, 2.45) is 5.92 Å². The highest BCUT2D eigenvalue weighted by molar-refractivity contribution is 6.01. The third kappa shape index (κ3) is 4.17. The summed E-state index contributed by atoms with van der Waals surface area (Å²) >= 11 is 0. The average Bonchev–Trinajstić information content (AvgIpc) is 3.62. The van der Waals surface area contributed by atoms with E-state index in [1.807, 2.05) is 36.4 Å². The first-order valence-corrected chi connectivity index (χ1v) is 13.4. The van der Waals surface area contributed by atoms with Crippen LogP contribution in [-0.2, 0) is 0 Å². The Hall–Kier alpha value is -3.71. The molecule has 4 aromatic rings. The minimum Gasteiger partial charge on any atom is -0.393 e. The van der Waals surface area contributed by atoms with Gasteiger partial charge in [-0.3, -0.25) is 14.9 Å². The molecule has 4 atom stereocenters. The molecule has 0 spiro atoms. The highest BCUT2D eigenvalue weighted by Gasteiger charge is 2.40. The zero-order valence-electron chi connectivity index (χ0n) is 20.7. The number of fused-ring (bicyclic) bond motifs is 3. The maximum atomic E-state index is 13.3. The summed E-state index contributed by atoms with van der Waals surface area (Å²) in [7, 11) is 0. The fraction of sp³-hybridized carbons (Fsp3) is 0.367. The van der Waals surface area contributed by atoms with Crippen molar-refractivity contribution in [2.45, 2.75) is 62.8 Å². The minimum absolute atomic E-state index is 0.0630. The first-order valence-electron chi connectivity index (χ1n) is 13.4. The van der Waals surface area contributed by atoms with Crippen LogP contribution in [-0.4, -0.2) is 44.4 Å². The molecule has 1 saturated carbocycles. The van der Waals surface area contributed by atoms with Crippen molar-refractivity contribution >= 4 is 22.5 Å². The number of hydrogen-bond donors (Lipinski definition) is 3.